The maximum Gasteiger partial charge on any atom is 0.276 e. The molecule has 3 heterocycles. The zero-order valence-electron chi connectivity index (χ0n) is 13.5. The van der Waals surface area contributed by atoms with Crippen molar-refractivity contribution in [3.8, 4) is 40.0 Å². The van der Waals surface area contributed by atoms with Crippen molar-refractivity contribution in [1.82, 2.24) is 25.3 Å². The van der Waals surface area contributed by atoms with Crippen LogP contribution < -0.4 is 4.74 Å². The number of hydrogen-bond acceptors (Lipinski definition) is 6. The van der Waals surface area contributed by atoms with Gasteiger partial charge in [-0.05, 0) is 49.4 Å². The Hall–Kier alpha value is -3.48. The van der Waals surface area contributed by atoms with Crippen molar-refractivity contribution in [3.63, 3.8) is 0 Å². The van der Waals surface area contributed by atoms with Gasteiger partial charge in [-0.3, -0.25) is 10.1 Å². The van der Waals surface area contributed by atoms with Gasteiger partial charge in [0.15, 0.2) is 0 Å². The number of aromatic nitrogens is 5. The molecule has 0 aliphatic heterocycles. The maximum atomic E-state index is 5.45. The Morgan fingerprint density at radius 2 is 1.84 bits per heavy atom. The molecule has 0 radical (unpaired) electrons. The fourth-order valence-electron chi connectivity index (χ4n) is 2.42. The predicted molar refractivity (Wildman–Crippen MR) is 91.7 cm³/mol. The number of ether oxygens (including phenoxy) is 1. The second-order valence-electron chi connectivity index (χ2n) is 5.28. The highest BCUT2D eigenvalue weighted by molar-refractivity contribution is 5.66. The predicted octanol–water partition coefficient (Wildman–Crippen LogP) is 3.59. The number of hydrogen-bond donors (Lipinski definition) is 1. The third kappa shape index (κ3) is 3.12. The fourth-order valence-corrected chi connectivity index (χ4v) is 2.42. The highest BCUT2D eigenvalue weighted by atomic mass is 16.5. The van der Waals surface area contributed by atoms with E-state index in [0.29, 0.717) is 24.0 Å². The normalized spacial score (nSPS) is 10.8. The van der Waals surface area contributed by atoms with Crippen LogP contribution in [0.15, 0.2) is 59.4 Å². The average Bonchev–Trinajstić information content (AvgIpc) is 3.33. The lowest BCUT2D eigenvalue weighted by atomic mass is 10.1. The first-order valence-corrected chi connectivity index (χ1v) is 7.86. The highest BCUT2D eigenvalue weighted by Crippen LogP contribution is 2.26. The molecule has 1 N–H and O–H groups in total. The van der Waals surface area contributed by atoms with E-state index in [4.69, 9.17) is 9.26 Å². The van der Waals surface area contributed by atoms with E-state index in [1.165, 1.54) is 0 Å². The molecule has 0 aliphatic carbocycles. The number of nitrogens with zero attached hydrogens (tertiary/aromatic N) is 4. The van der Waals surface area contributed by atoms with E-state index in [9.17, 15) is 0 Å². The average molecular weight is 333 g/mol. The van der Waals surface area contributed by atoms with Crippen molar-refractivity contribution in [2.75, 3.05) is 6.61 Å². The fraction of sp³-hybridized carbons (Fsp3) is 0.111. The molecule has 124 valence electrons. The molecule has 0 saturated heterocycles. The SMILES string of the molecule is CCOc1ccc(-c2cc(-c3nc(-c4ccncc4)no3)[nH]n2)cc1. The van der Waals surface area contributed by atoms with Gasteiger partial charge in [-0.1, -0.05) is 5.16 Å². The third-order valence-corrected chi connectivity index (χ3v) is 3.63. The Morgan fingerprint density at radius 1 is 1.04 bits per heavy atom. The summed E-state index contributed by atoms with van der Waals surface area (Å²) in [7, 11) is 0. The van der Waals surface area contributed by atoms with Crippen LogP contribution in [0.25, 0.3) is 34.2 Å². The Labute approximate surface area is 143 Å². The first kappa shape index (κ1) is 15.1. The summed E-state index contributed by atoms with van der Waals surface area (Å²) in [6.07, 6.45) is 3.37. The molecule has 0 bridgehead atoms. The van der Waals surface area contributed by atoms with E-state index in [1.54, 1.807) is 12.4 Å². The summed E-state index contributed by atoms with van der Waals surface area (Å²) in [5.74, 6) is 1.73. The van der Waals surface area contributed by atoms with Gasteiger partial charge in [-0.15, -0.1) is 0 Å². The van der Waals surface area contributed by atoms with E-state index in [2.05, 4.69) is 25.3 Å². The second-order valence-corrected chi connectivity index (χ2v) is 5.28. The van der Waals surface area contributed by atoms with Crippen LogP contribution in [0.2, 0.25) is 0 Å². The molecule has 3 aromatic heterocycles. The minimum Gasteiger partial charge on any atom is -0.494 e. The molecule has 0 fully saturated rings. The van der Waals surface area contributed by atoms with Crippen molar-refractivity contribution in [1.29, 1.82) is 0 Å². The second kappa shape index (κ2) is 6.56. The van der Waals surface area contributed by atoms with E-state index >= 15 is 0 Å². The molecule has 4 aromatic rings. The lowest BCUT2D eigenvalue weighted by Crippen LogP contribution is -1.90. The van der Waals surface area contributed by atoms with E-state index in [1.807, 2.05) is 49.4 Å². The quantitative estimate of drug-likeness (QED) is 0.600. The number of rotatable bonds is 5. The molecule has 0 spiro atoms. The summed E-state index contributed by atoms with van der Waals surface area (Å²) < 4.78 is 10.8. The van der Waals surface area contributed by atoms with Crippen LogP contribution in [0.5, 0.6) is 5.75 Å². The van der Waals surface area contributed by atoms with E-state index in [0.717, 1.165) is 22.6 Å². The van der Waals surface area contributed by atoms with Crippen molar-refractivity contribution >= 4 is 0 Å². The molecule has 7 nitrogen and oxygen atoms in total. The van der Waals surface area contributed by atoms with Crippen LogP contribution in [0.1, 0.15) is 6.92 Å². The van der Waals surface area contributed by atoms with Crippen LogP contribution in [0.4, 0.5) is 0 Å². The standard InChI is InChI=1S/C18H15N5O2/c1-2-24-14-5-3-12(4-6-14)15-11-16(22-21-15)18-20-17(23-25-18)13-7-9-19-10-8-13/h3-11H,2H2,1H3,(H,21,22). The van der Waals surface area contributed by atoms with Gasteiger partial charge >= 0.3 is 0 Å². The van der Waals surface area contributed by atoms with Crippen LogP contribution in [-0.4, -0.2) is 31.9 Å². The molecule has 1 aromatic carbocycles. The maximum absolute atomic E-state index is 5.45. The van der Waals surface area contributed by atoms with Gasteiger partial charge in [0.1, 0.15) is 11.4 Å². The van der Waals surface area contributed by atoms with Gasteiger partial charge in [0.25, 0.3) is 5.89 Å². The van der Waals surface area contributed by atoms with Crippen molar-refractivity contribution in [2.24, 2.45) is 0 Å². The van der Waals surface area contributed by atoms with Crippen LogP contribution in [0.3, 0.4) is 0 Å². The number of aromatic amines is 1. The summed E-state index contributed by atoms with van der Waals surface area (Å²) in [4.78, 5) is 8.38. The molecule has 0 unspecified atom stereocenters. The molecule has 0 atom stereocenters. The Kier molecular flexibility index (Phi) is 3.96. The van der Waals surface area contributed by atoms with Gasteiger partial charge in [0.05, 0.1) is 12.3 Å². The Balaban J connectivity index is 1.58. The summed E-state index contributed by atoms with van der Waals surface area (Å²) in [5.41, 5.74) is 3.27. The molecule has 4 rings (SSSR count). The van der Waals surface area contributed by atoms with Gasteiger partial charge < -0.3 is 9.26 Å². The van der Waals surface area contributed by atoms with Crippen molar-refractivity contribution in [3.05, 3.63) is 54.9 Å². The molecule has 0 amide bonds. The number of H-pyrrole nitrogens is 1. The van der Waals surface area contributed by atoms with Gasteiger partial charge in [-0.2, -0.15) is 10.1 Å². The molecule has 25 heavy (non-hydrogen) atoms. The smallest absolute Gasteiger partial charge is 0.276 e. The Morgan fingerprint density at radius 3 is 2.60 bits per heavy atom. The lowest BCUT2D eigenvalue weighted by Gasteiger charge is -2.02. The monoisotopic (exact) mass is 333 g/mol. The molecular formula is C18H15N5O2. The van der Waals surface area contributed by atoms with Gasteiger partial charge in [-0.25, -0.2) is 0 Å². The first-order valence-electron chi connectivity index (χ1n) is 7.86. The lowest BCUT2D eigenvalue weighted by molar-refractivity contribution is 0.340. The van der Waals surface area contributed by atoms with Gasteiger partial charge in [0, 0.05) is 23.5 Å². The Bertz CT molecular complexity index is 961. The van der Waals surface area contributed by atoms with E-state index in [-0.39, 0.29) is 0 Å². The number of nitrogens with one attached hydrogen (secondary N) is 1. The topological polar surface area (TPSA) is 89.7 Å². The minimum atomic E-state index is 0.386. The highest BCUT2D eigenvalue weighted by Gasteiger charge is 2.14. The zero-order chi connectivity index (χ0) is 17.1. The number of benzene rings is 1. The summed E-state index contributed by atoms with van der Waals surface area (Å²) >= 11 is 0. The minimum absolute atomic E-state index is 0.386. The summed E-state index contributed by atoms with van der Waals surface area (Å²) in [5, 5.41) is 11.3. The first-order chi connectivity index (χ1) is 12.3. The summed E-state index contributed by atoms with van der Waals surface area (Å²) in [6.45, 7) is 2.60. The van der Waals surface area contributed by atoms with Crippen molar-refractivity contribution < 1.29 is 9.26 Å². The third-order valence-electron chi connectivity index (χ3n) is 3.63. The largest absolute Gasteiger partial charge is 0.494 e. The molecule has 7 heteroatoms. The molecule has 0 aliphatic rings. The number of pyridine rings is 1. The van der Waals surface area contributed by atoms with Crippen molar-refractivity contribution in [2.45, 2.75) is 6.92 Å². The molecular weight excluding hydrogens is 318 g/mol. The van der Waals surface area contributed by atoms with Crippen LogP contribution >= 0.6 is 0 Å². The van der Waals surface area contributed by atoms with Crippen LogP contribution in [0, 0.1) is 0 Å². The van der Waals surface area contributed by atoms with E-state index < -0.39 is 0 Å². The van der Waals surface area contributed by atoms with Gasteiger partial charge in [0.2, 0.25) is 5.82 Å². The zero-order valence-corrected chi connectivity index (χ0v) is 13.5. The summed E-state index contributed by atoms with van der Waals surface area (Å²) in [6, 6.07) is 13.3. The van der Waals surface area contributed by atoms with Crippen LogP contribution in [-0.2, 0) is 0 Å². The molecule has 0 saturated carbocycles.